The van der Waals surface area contributed by atoms with Gasteiger partial charge in [-0.1, -0.05) is 0 Å². The number of rotatable bonds is 4. The third-order valence-electron chi connectivity index (χ3n) is 3.44. The molecule has 0 fully saturated rings. The highest BCUT2D eigenvalue weighted by atomic mass is 15.2. The molecule has 90 valence electrons. The summed E-state index contributed by atoms with van der Waals surface area (Å²) in [7, 11) is 4.07. The molecule has 0 aliphatic carbocycles. The molecule has 0 aliphatic rings. The number of anilines is 1. The lowest BCUT2D eigenvalue weighted by atomic mass is 9.89. The van der Waals surface area contributed by atoms with Crippen LogP contribution in [0.1, 0.15) is 19.4 Å². The van der Waals surface area contributed by atoms with Crippen LogP contribution in [0.4, 0.5) is 5.69 Å². The van der Waals surface area contributed by atoms with Crippen LogP contribution < -0.4 is 11.5 Å². The molecule has 0 saturated carbocycles. The summed E-state index contributed by atoms with van der Waals surface area (Å²) in [5, 5.41) is 0. The molecule has 1 rings (SSSR count). The molecule has 0 aromatic carbocycles. The van der Waals surface area contributed by atoms with Gasteiger partial charge in [0.2, 0.25) is 0 Å². The van der Waals surface area contributed by atoms with Crippen molar-refractivity contribution < 1.29 is 0 Å². The Morgan fingerprint density at radius 3 is 2.56 bits per heavy atom. The zero-order valence-corrected chi connectivity index (χ0v) is 10.6. The van der Waals surface area contributed by atoms with Gasteiger partial charge in [0.1, 0.15) is 0 Å². The minimum absolute atomic E-state index is 0.0222. The van der Waals surface area contributed by atoms with Crippen LogP contribution in [0.15, 0.2) is 18.5 Å². The van der Waals surface area contributed by atoms with Gasteiger partial charge in [0, 0.05) is 29.7 Å². The lowest BCUT2D eigenvalue weighted by molar-refractivity contribution is 0.158. The van der Waals surface area contributed by atoms with E-state index >= 15 is 0 Å². The second-order valence-electron chi connectivity index (χ2n) is 4.93. The minimum atomic E-state index is -0.0672. The fourth-order valence-electron chi connectivity index (χ4n) is 1.43. The summed E-state index contributed by atoms with van der Waals surface area (Å²) in [6, 6.07) is 1.83. The highest BCUT2D eigenvalue weighted by molar-refractivity contribution is 5.44. The van der Waals surface area contributed by atoms with Gasteiger partial charge in [0.05, 0.1) is 0 Å². The molecule has 1 atom stereocenters. The van der Waals surface area contributed by atoms with Gasteiger partial charge in [-0.05, 0) is 46.0 Å². The molecule has 0 bridgehead atoms. The zero-order valence-electron chi connectivity index (χ0n) is 10.6. The van der Waals surface area contributed by atoms with Crippen LogP contribution >= 0.6 is 0 Å². The second-order valence-corrected chi connectivity index (χ2v) is 4.93. The van der Waals surface area contributed by atoms with Gasteiger partial charge in [0.15, 0.2) is 0 Å². The smallest absolute Gasteiger partial charge is 0.0378 e. The highest BCUT2D eigenvalue weighted by Crippen LogP contribution is 2.19. The maximum Gasteiger partial charge on any atom is 0.0378 e. The van der Waals surface area contributed by atoms with E-state index in [1.807, 2.05) is 20.2 Å². The molecule has 0 amide bonds. The summed E-state index contributed by atoms with van der Waals surface area (Å²) in [6.45, 7) is 4.26. The number of likely N-dealkylation sites (N-methyl/N-ethyl adjacent to an activating group) is 1. The van der Waals surface area contributed by atoms with Crippen molar-refractivity contribution in [2.24, 2.45) is 5.73 Å². The molecule has 1 aromatic heterocycles. The van der Waals surface area contributed by atoms with Gasteiger partial charge in [-0.25, -0.2) is 0 Å². The Morgan fingerprint density at radius 2 is 2.06 bits per heavy atom. The van der Waals surface area contributed by atoms with Crippen molar-refractivity contribution in [3.8, 4) is 0 Å². The van der Waals surface area contributed by atoms with E-state index in [0.717, 1.165) is 17.7 Å². The van der Waals surface area contributed by atoms with Crippen molar-refractivity contribution in [2.75, 3.05) is 19.8 Å². The van der Waals surface area contributed by atoms with E-state index in [2.05, 4.69) is 23.7 Å². The van der Waals surface area contributed by atoms with E-state index in [-0.39, 0.29) is 11.6 Å². The standard InChI is InChI=1S/C12H22N4/c1-12(2,16(3)4)11(14)7-9-8-15-6-5-10(9)13/h5-6,8,11H,7,14H2,1-4H3,(H2,13,15). The van der Waals surface area contributed by atoms with Crippen LogP contribution in [0, 0.1) is 0 Å². The number of nitrogens with zero attached hydrogens (tertiary/aromatic N) is 2. The summed E-state index contributed by atoms with van der Waals surface area (Å²) < 4.78 is 0. The number of hydrogen-bond donors (Lipinski definition) is 2. The second kappa shape index (κ2) is 4.80. The topological polar surface area (TPSA) is 68.2 Å². The molecule has 0 aliphatic heterocycles. The molecule has 16 heavy (non-hydrogen) atoms. The van der Waals surface area contributed by atoms with Crippen LogP contribution in [0.2, 0.25) is 0 Å². The monoisotopic (exact) mass is 222 g/mol. The molecule has 4 N–H and O–H groups in total. The number of nitrogens with two attached hydrogens (primary N) is 2. The summed E-state index contributed by atoms with van der Waals surface area (Å²) in [6.07, 6.45) is 4.23. The van der Waals surface area contributed by atoms with Crippen LogP contribution in [-0.4, -0.2) is 35.6 Å². The van der Waals surface area contributed by atoms with Gasteiger partial charge in [-0.15, -0.1) is 0 Å². The molecule has 0 saturated heterocycles. The maximum absolute atomic E-state index is 6.23. The summed E-state index contributed by atoms with van der Waals surface area (Å²) in [4.78, 5) is 6.21. The quantitative estimate of drug-likeness (QED) is 0.793. The molecule has 0 radical (unpaired) electrons. The zero-order chi connectivity index (χ0) is 12.3. The largest absolute Gasteiger partial charge is 0.398 e. The molecule has 0 spiro atoms. The SMILES string of the molecule is CN(C)C(C)(C)C(N)Cc1cnccc1N. The fourth-order valence-corrected chi connectivity index (χ4v) is 1.43. The van der Waals surface area contributed by atoms with Crippen LogP contribution in [0.25, 0.3) is 0 Å². The van der Waals surface area contributed by atoms with E-state index in [4.69, 9.17) is 11.5 Å². The number of pyridine rings is 1. The third kappa shape index (κ3) is 2.71. The van der Waals surface area contributed by atoms with Gasteiger partial charge in [-0.3, -0.25) is 4.98 Å². The van der Waals surface area contributed by atoms with E-state index in [1.54, 1.807) is 12.4 Å². The van der Waals surface area contributed by atoms with Gasteiger partial charge in [0.25, 0.3) is 0 Å². The molecule has 1 unspecified atom stereocenters. The average Bonchev–Trinajstić information content (AvgIpc) is 2.21. The highest BCUT2D eigenvalue weighted by Gasteiger charge is 2.28. The molecule has 1 heterocycles. The molecule has 4 nitrogen and oxygen atoms in total. The first kappa shape index (κ1) is 12.9. The predicted octanol–water partition coefficient (Wildman–Crippen LogP) is 0.874. The first-order valence-corrected chi connectivity index (χ1v) is 5.47. The molecule has 1 aromatic rings. The fraction of sp³-hybridized carbons (Fsp3) is 0.583. The van der Waals surface area contributed by atoms with Crippen molar-refractivity contribution in [1.29, 1.82) is 0 Å². The lowest BCUT2D eigenvalue weighted by Crippen LogP contribution is -2.54. The third-order valence-corrected chi connectivity index (χ3v) is 3.44. The van der Waals surface area contributed by atoms with Crippen molar-refractivity contribution in [3.05, 3.63) is 24.0 Å². The number of aromatic nitrogens is 1. The Morgan fingerprint density at radius 1 is 1.44 bits per heavy atom. The maximum atomic E-state index is 6.23. The Balaban J connectivity index is 2.79. The van der Waals surface area contributed by atoms with Gasteiger partial charge >= 0.3 is 0 Å². The Hall–Kier alpha value is -1.13. The van der Waals surface area contributed by atoms with Crippen molar-refractivity contribution >= 4 is 5.69 Å². The minimum Gasteiger partial charge on any atom is -0.398 e. The van der Waals surface area contributed by atoms with E-state index in [1.165, 1.54) is 0 Å². The van der Waals surface area contributed by atoms with Crippen molar-refractivity contribution in [3.63, 3.8) is 0 Å². The first-order chi connectivity index (χ1) is 7.35. The van der Waals surface area contributed by atoms with E-state index in [0.29, 0.717) is 0 Å². The number of nitrogen functional groups attached to an aromatic ring is 1. The normalized spacial score (nSPS) is 14.1. The summed E-state index contributed by atoms with van der Waals surface area (Å²) in [5.41, 5.74) is 13.8. The van der Waals surface area contributed by atoms with E-state index in [9.17, 15) is 0 Å². The van der Waals surface area contributed by atoms with E-state index < -0.39 is 0 Å². The molecular formula is C12H22N4. The predicted molar refractivity (Wildman–Crippen MR) is 68.1 cm³/mol. The van der Waals surface area contributed by atoms with Gasteiger partial charge in [-0.2, -0.15) is 0 Å². The summed E-state index contributed by atoms with van der Waals surface area (Å²) in [5.74, 6) is 0. The molecule has 4 heteroatoms. The Labute approximate surface area is 97.6 Å². The van der Waals surface area contributed by atoms with Crippen LogP contribution in [0.5, 0.6) is 0 Å². The molecular weight excluding hydrogens is 200 g/mol. The lowest BCUT2D eigenvalue weighted by Gasteiger charge is -2.38. The average molecular weight is 222 g/mol. The summed E-state index contributed by atoms with van der Waals surface area (Å²) >= 11 is 0. The van der Waals surface area contributed by atoms with Gasteiger partial charge < -0.3 is 16.4 Å². The van der Waals surface area contributed by atoms with Crippen molar-refractivity contribution in [2.45, 2.75) is 31.8 Å². The van der Waals surface area contributed by atoms with Crippen molar-refractivity contribution in [1.82, 2.24) is 9.88 Å². The Kier molecular flexibility index (Phi) is 3.88. The first-order valence-electron chi connectivity index (χ1n) is 5.47. The van der Waals surface area contributed by atoms with Crippen LogP contribution in [0.3, 0.4) is 0 Å². The van der Waals surface area contributed by atoms with Crippen LogP contribution in [-0.2, 0) is 6.42 Å². The Bertz CT molecular complexity index is 347. The number of hydrogen-bond acceptors (Lipinski definition) is 4.